The van der Waals surface area contributed by atoms with E-state index in [0.717, 1.165) is 39.0 Å². The van der Waals surface area contributed by atoms with Crippen LogP contribution in [0, 0.1) is 0 Å². The average Bonchev–Trinajstić information content (AvgIpc) is 3.01. The molecular weight excluding hydrogens is 204 g/mol. The minimum absolute atomic E-state index is 0.521. The van der Waals surface area contributed by atoms with Gasteiger partial charge in [0.1, 0.15) is 11.9 Å². The monoisotopic (exact) mass is 225 g/mol. The molecule has 1 aromatic heterocycles. The molecule has 1 fully saturated rings. The van der Waals surface area contributed by atoms with E-state index >= 15 is 0 Å². The minimum Gasteiger partial charge on any atom is -0.385 e. The lowest BCUT2D eigenvalue weighted by Gasteiger charge is -2.00. The van der Waals surface area contributed by atoms with Crippen LogP contribution in [0.5, 0.6) is 0 Å². The number of epoxide rings is 1. The van der Waals surface area contributed by atoms with Crippen LogP contribution in [0.15, 0.2) is 12.5 Å². The van der Waals surface area contributed by atoms with E-state index in [9.17, 15) is 0 Å². The molecule has 0 spiro atoms. The number of hydrogen-bond donors (Lipinski definition) is 0. The Kier molecular flexibility index (Phi) is 3.96. The van der Waals surface area contributed by atoms with Gasteiger partial charge in [0.2, 0.25) is 6.33 Å². The van der Waals surface area contributed by atoms with Gasteiger partial charge in [-0.3, -0.25) is 0 Å². The van der Waals surface area contributed by atoms with Crippen molar-refractivity contribution in [3.05, 3.63) is 18.2 Å². The van der Waals surface area contributed by atoms with E-state index in [-0.39, 0.29) is 0 Å². The lowest BCUT2D eigenvalue weighted by Crippen LogP contribution is -2.23. The van der Waals surface area contributed by atoms with E-state index < -0.39 is 0 Å². The first kappa shape index (κ1) is 11.6. The topological polar surface area (TPSA) is 30.6 Å². The fourth-order valence-corrected chi connectivity index (χ4v) is 1.97. The fourth-order valence-electron chi connectivity index (χ4n) is 1.97. The lowest BCUT2D eigenvalue weighted by molar-refractivity contribution is -0.671. The van der Waals surface area contributed by atoms with E-state index in [2.05, 4.69) is 28.7 Å². The largest absolute Gasteiger partial charge is 0.385 e. The molecule has 0 bridgehead atoms. The molecule has 0 amide bonds. The molecule has 1 saturated heterocycles. The van der Waals surface area contributed by atoms with E-state index in [4.69, 9.17) is 9.47 Å². The van der Waals surface area contributed by atoms with E-state index in [0.29, 0.717) is 6.10 Å². The Morgan fingerprint density at radius 3 is 3.12 bits per heavy atom. The van der Waals surface area contributed by atoms with Gasteiger partial charge in [0.25, 0.3) is 0 Å². The maximum Gasteiger partial charge on any atom is 0.243 e. The average molecular weight is 225 g/mol. The number of ether oxygens (including phenoxy) is 2. The highest BCUT2D eigenvalue weighted by Crippen LogP contribution is 2.16. The highest BCUT2D eigenvalue weighted by atomic mass is 16.6. The summed E-state index contributed by atoms with van der Waals surface area (Å²) in [7, 11) is 3.82. The van der Waals surface area contributed by atoms with Crippen molar-refractivity contribution in [3.63, 3.8) is 0 Å². The van der Waals surface area contributed by atoms with Gasteiger partial charge in [-0.25, -0.2) is 9.13 Å². The van der Waals surface area contributed by atoms with E-state index in [1.165, 1.54) is 5.69 Å². The first-order chi connectivity index (χ1) is 7.79. The zero-order valence-electron chi connectivity index (χ0n) is 10.2. The van der Waals surface area contributed by atoms with Crippen molar-refractivity contribution in [2.24, 2.45) is 7.05 Å². The zero-order chi connectivity index (χ0) is 11.4. The molecule has 90 valence electrons. The normalized spacial score (nSPS) is 19.0. The molecule has 1 aliphatic rings. The molecule has 16 heavy (non-hydrogen) atoms. The van der Waals surface area contributed by atoms with Crippen molar-refractivity contribution in [1.82, 2.24) is 4.57 Å². The smallest absolute Gasteiger partial charge is 0.243 e. The van der Waals surface area contributed by atoms with Crippen LogP contribution >= 0.6 is 0 Å². The van der Waals surface area contributed by atoms with Crippen molar-refractivity contribution >= 4 is 0 Å². The second-order valence-corrected chi connectivity index (χ2v) is 4.44. The second kappa shape index (κ2) is 5.46. The molecular formula is C12H21N2O2+. The number of imidazole rings is 1. The molecule has 0 radical (unpaired) electrons. The van der Waals surface area contributed by atoms with Crippen molar-refractivity contribution in [2.75, 3.05) is 20.3 Å². The number of aromatic nitrogens is 2. The van der Waals surface area contributed by atoms with Crippen LogP contribution in [-0.4, -0.2) is 31.0 Å². The Balaban J connectivity index is 1.87. The van der Waals surface area contributed by atoms with Gasteiger partial charge < -0.3 is 9.47 Å². The molecule has 2 rings (SSSR count). The molecule has 1 atom stereocenters. The van der Waals surface area contributed by atoms with Gasteiger partial charge in [-0.15, -0.1) is 0 Å². The molecule has 0 aromatic carbocycles. The lowest BCUT2D eigenvalue weighted by atomic mass is 10.2. The Morgan fingerprint density at radius 2 is 2.44 bits per heavy atom. The molecule has 0 saturated carbocycles. The minimum atomic E-state index is 0.521. The second-order valence-electron chi connectivity index (χ2n) is 4.44. The van der Waals surface area contributed by atoms with E-state index in [1.54, 1.807) is 7.11 Å². The third-order valence-corrected chi connectivity index (χ3v) is 2.92. The fraction of sp³-hybridized carbons (Fsp3) is 0.750. The number of hydrogen-bond acceptors (Lipinski definition) is 2. The molecule has 1 aliphatic heterocycles. The summed E-state index contributed by atoms with van der Waals surface area (Å²) < 4.78 is 14.8. The van der Waals surface area contributed by atoms with Crippen LogP contribution in [-0.2, 0) is 29.5 Å². The predicted molar refractivity (Wildman–Crippen MR) is 60.2 cm³/mol. The Bertz CT molecular complexity index is 332. The zero-order valence-corrected chi connectivity index (χ0v) is 10.2. The summed E-state index contributed by atoms with van der Waals surface area (Å²) in [6.07, 6.45) is 8.20. The van der Waals surface area contributed by atoms with Gasteiger partial charge in [-0.1, -0.05) is 0 Å². The summed E-state index contributed by atoms with van der Waals surface area (Å²) in [5.41, 5.74) is 1.40. The highest BCUT2D eigenvalue weighted by Gasteiger charge is 2.23. The van der Waals surface area contributed by atoms with Gasteiger partial charge in [-0.2, -0.15) is 0 Å². The van der Waals surface area contributed by atoms with Crippen LogP contribution in [0.4, 0.5) is 0 Å². The molecule has 1 unspecified atom stereocenters. The number of nitrogens with zero attached hydrogens (tertiary/aromatic N) is 2. The third-order valence-electron chi connectivity index (χ3n) is 2.92. The Labute approximate surface area is 96.8 Å². The van der Waals surface area contributed by atoms with E-state index in [1.807, 2.05) is 0 Å². The number of rotatable bonds is 7. The SMILES string of the molecule is COCCCn1c[n+](C)cc1CCC1CO1. The maximum atomic E-state index is 5.24. The third kappa shape index (κ3) is 3.32. The molecule has 1 aromatic rings. The molecule has 4 heteroatoms. The first-order valence-corrected chi connectivity index (χ1v) is 5.94. The summed E-state index contributed by atoms with van der Waals surface area (Å²) >= 11 is 0. The summed E-state index contributed by atoms with van der Waals surface area (Å²) in [5, 5.41) is 0. The van der Waals surface area contributed by atoms with Gasteiger partial charge in [0.05, 0.1) is 26.3 Å². The van der Waals surface area contributed by atoms with Crippen molar-refractivity contribution in [3.8, 4) is 0 Å². The summed E-state index contributed by atoms with van der Waals surface area (Å²) in [6.45, 7) is 2.82. The standard InChI is InChI=1S/C12H21N2O2/c1-13-8-11(4-5-12-9-16-12)14(10-13)6-3-7-15-2/h8,10,12H,3-7,9H2,1-2H3/q+1. The van der Waals surface area contributed by atoms with Gasteiger partial charge in [-0.05, 0) is 6.42 Å². The quantitative estimate of drug-likeness (QED) is 0.388. The van der Waals surface area contributed by atoms with Crippen molar-refractivity contribution in [1.29, 1.82) is 0 Å². The molecule has 0 aliphatic carbocycles. The summed E-state index contributed by atoms with van der Waals surface area (Å²) in [4.78, 5) is 0. The van der Waals surface area contributed by atoms with Crippen molar-refractivity contribution < 1.29 is 14.0 Å². The van der Waals surface area contributed by atoms with Crippen LogP contribution in [0.25, 0.3) is 0 Å². The molecule has 0 N–H and O–H groups in total. The first-order valence-electron chi connectivity index (χ1n) is 5.94. The highest BCUT2D eigenvalue weighted by molar-refractivity contribution is 4.95. The Hall–Kier alpha value is -0.870. The van der Waals surface area contributed by atoms with Gasteiger partial charge in [0.15, 0.2) is 0 Å². The van der Waals surface area contributed by atoms with Crippen molar-refractivity contribution in [2.45, 2.75) is 31.9 Å². The van der Waals surface area contributed by atoms with Crippen LogP contribution < -0.4 is 4.57 Å². The number of aryl methyl sites for hydroxylation is 3. The summed E-state index contributed by atoms with van der Waals surface area (Å²) in [6, 6.07) is 0. The maximum absolute atomic E-state index is 5.24. The Morgan fingerprint density at radius 1 is 1.62 bits per heavy atom. The molecule has 4 nitrogen and oxygen atoms in total. The van der Waals surface area contributed by atoms with Crippen LogP contribution in [0.1, 0.15) is 18.5 Å². The number of methoxy groups -OCH3 is 1. The van der Waals surface area contributed by atoms with Gasteiger partial charge in [0, 0.05) is 26.6 Å². The van der Waals surface area contributed by atoms with Crippen LogP contribution in [0.3, 0.4) is 0 Å². The van der Waals surface area contributed by atoms with Gasteiger partial charge >= 0.3 is 0 Å². The molecule has 2 heterocycles. The summed E-state index contributed by atoms with van der Waals surface area (Å²) in [5.74, 6) is 0. The predicted octanol–water partition coefficient (Wildman–Crippen LogP) is 0.680. The van der Waals surface area contributed by atoms with Crippen LogP contribution in [0.2, 0.25) is 0 Å².